The molecule has 164 valence electrons. The van der Waals surface area contributed by atoms with Crippen LogP contribution in [0.5, 0.6) is 0 Å². The number of halogens is 3. The number of aryl methyl sites for hydroxylation is 1. The largest absolute Gasteiger partial charge is 0.408 e. The number of amides is 1. The van der Waals surface area contributed by atoms with E-state index in [0.717, 1.165) is 10.2 Å². The zero-order valence-corrected chi connectivity index (χ0v) is 17.0. The molecule has 1 saturated heterocycles. The standard InChI is InChI=1S/C21H22F3N5O2/c1-14-3-4-25-15(9-14)10-17-16-12-26-18(20(30)28-5-2-7-31-8-6-28)11-19(16)29(27-17)13-21(22,23)24/h3-4,9,11-12H,2,5-8,10,13H2,1H3. The van der Waals surface area contributed by atoms with Crippen molar-refractivity contribution in [1.82, 2.24) is 24.6 Å². The maximum atomic E-state index is 13.2. The van der Waals surface area contributed by atoms with Crippen LogP contribution in [0.1, 0.15) is 33.9 Å². The van der Waals surface area contributed by atoms with E-state index in [1.165, 1.54) is 12.3 Å². The Bertz CT molecular complexity index is 1090. The van der Waals surface area contributed by atoms with Crippen molar-refractivity contribution in [3.8, 4) is 0 Å². The lowest BCUT2D eigenvalue weighted by atomic mass is 10.1. The third kappa shape index (κ3) is 5.01. The van der Waals surface area contributed by atoms with E-state index in [1.54, 1.807) is 11.1 Å². The molecule has 0 N–H and O–H groups in total. The molecule has 1 fully saturated rings. The van der Waals surface area contributed by atoms with Crippen molar-refractivity contribution in [2.75, 3.05) is 26.3 Å². The number of hydrogen-bond acceptors (Lipinski definition) is 5. The van der Waals surface area contributed by atoms with Gasteiger partial charge in [-0.3, -0.25) is 19.4 Å². The molecule has 7 nitrogen and oxygen atoms in total. The summed E-state index contributed by atoms with van der Waals surface area (Å²) in [5, 5.41) is 4.67. The lowest BCUT2D eigenvalue weighted by Crippen LogP contribution is -2.33. The van der Waals surface area contributed by atoms with Crippen LogP contribution in [0.2, 0.25) is 0 Å². The Hall–Kier alpha value is -3.01. The van der Waals surface area contributed by atoms with Crippen molar-refractivity contribution in [3.63, 3.8) is 0 Å². The summed E-state index contributed by atoms with van der Waals surface area (Å²) in [5.74, 6) is -0.325. The SMILES string of the molecule is Cc1ccnc(Cc2nn(CC(F)(F)F)c3cc(C(=O)N4CCCOCC4)ncc23)c1. The Morgan fingerprint density at radius 3 is 2.81 bits per heavy atom. The maximum Gasteiger partial charge on any atom is 0.408 e. The minimum absolute atomic E-state index is 0.0953. The molecule has 0 saturated carbocycles. The summed E-state index contributed by atoms with van der Waals surface area (Å²) in [6, 6.07) is 5.11. The highest BCUT2D eigenvalue weighted by Gasteiger charge is 2.30. The monoisotopic (exact) mass is 433 g/mol. The van der Waals surface area contributed by atoms with Crippen LogP contribution >= 0.6 is 0 Å². The van der Waals surface area contributed by atoms with Gasteiger partial charge in [-0.05, 0) is 37.1 Å². The van der Waals surface area contributed by atoms with Gasteiger partial charge in [0.25, 0.3) is 5.91 Å². The number of rotatable bonds is 4. The Balaban J connectivity index is 1.72. The van der Waals surface area contributed by atoms with Gasteiger partial charge < -0.3 is 9.64 Å². The van der Waals surface area contributed by atoms with E-state index in [1.807, 2.05) is 19.1 Å². The van der Waals surface area contributed by atoms with E-state index in [4.69, 9.17) is 4.74 Å². The molecule has 3 aromatic heterocycles. The van der Waals surface area contributed by atoms with Gasteiger partial charge in [-0.25, -0.2) is 0 Å². The molecule has 0 bridgehead atoms. The molecule has 10 heteroatoms. The highest BCUT2D eigenvalue weighted by molar-refractivity contribution is 5.96. The Labute approximate surface area is 176 Å². The fraction of sp³-hybridized carbons (Fsp3) is 0.429. The minimum Gasteiger partial charge on any atom is -0.380 e. The molecule has 4 rings (SSSR count). The number of aromatic nitrogens is 4. The molecule has 0 atom stereocenters. The van der Waals surface area contributed by atoms with Crippen molar-refractivity contribution in [3.05, 3.63) is 53.2 Å². The van der Waals surface area contributed by atoms with Crippen LogP contribution in [0.15, 0.2) is 30.6 Å². The van der Waals surface area contributed by atoms with Crippen molar-refractivity contribution in [2.24, 2.45) is 0 Å². The first kappa shape index (κ1) is 21.2. The molecule has 3 aromatic rings. The van der Waals surface area contributed by atoms with E-state index in [9.17, 15) is 18.0 Å². The summed E-state index contributed by atoms with van der Waals surface area (Å²) in [6.07, 6.45) is -0.399. The lowest BCUT2D eigenvalue weighted by Gasteiger charge is -2.19. The molecule has 0 spiro atoms. The Morgan fingerprint density at radius 2 is 2.03 bits per heavy atom. The van der Waals surface area contributed by atoms with E-state index in [2.05, 4.69) is 15.1 Å². The summed E-state index contributed by atoms with van der Waals surface area (Å²) in [5.41, 5.74) is 2.45. The second-order valence-corrected chi connectivity index (χ2v) is 7.57. The van der Waals surface area contributed by atoms with Gasteiger partial charge in [0.2, 0.25) is 0 Å². The fourth-order valence-electron chi connectivity index (χ4n) is 3.65. The van der Waals surface area contributed by atoms with Crippen LogP contribution in [0.25, 0.3) is 10.9 Å². The second-order valence-electron chi connectivity index (χ2n) is 7.57. The predicted molar refractivity (Wildman–Crippen MR) is 107 cm³/mol. The van der Waals surface area contributed by atoms with Gasteiger partial charge in [0.15, 0.2) is 0 Å². The number of nitrogens with zero attached hydrogens (tertiary/aromatic N) is 5. The van der Waals surface area contributed by atoms with Gasteiger partial charge in [-0.2, -0.15) is 18.3 Å². The first-order valence-corrected chi connectivity index (χ1v) is 10.0. The Kier molecular flexibility index (Phi) is 5.90. The molecule has 1 amide bonds. The number of hydrogen-bond donors (Lipinski definition) is 0. The van der Waals surface area contributed by atoms with Crippen molar-refractivity contribution >= 4 is 16.8 Å². The number of alkyl halides is 3. The molecule has 0 aromatic carbocycles. The third-order valence-corrected chi connectivity index (χ3v) is 5.09. The van der Waals surface area contributed by atoms with Crippen LogP contribution in [-0.2, 0) is 17.7 Å². The molecule has 0 unspecified atom stereocenters. The molecular formula is C21H22F3N5O2. The number of fused-ring (bicyclic) bond motifs is 1. The van der Waals surface area contributed by atoms with Crippen molar-refractivity contribution in [1.29, 1.82) is 0 Å². The minimum atomic E-state index is -4.45. The van der Waals surface area contributed by atoms with Gasteiger partial charge in [-0.1, -0.05) is 0 Å². The molecule has 0 aliphatic carbocycles. The molecule has 0 radical (unpaired) electrons. The topological polar surface area (TPSA) is 73.1 Å². The number of carbonyl (C=O) groups is 1. The first-order valence-electron chi connectivity index (χ1n) is 10.0. The average Bonchev–Trinajstić information content (AvgIpc) is 2.89. The van der Waals surface area contributed by atoms with Gasteiger partial charge in [-0.15, -0.1) is 0 Å². The zero-order valence-electron chi connectivity index (χ0n) is 17.0. The summed E-state index contributed by atoms with van der Waals surface area (Å²) in [4.78, 5) is 23.0. The molecular weight excluding hydrogens is 411 g/mol. The molecule has 4 heterocycles. The smallest absolute Gasteiger partial charge is 0.380 e. The molecule has 31 heavy (non-hydrogen) atoms. The highest BCUT2D eigenvalue weighted by Crippen LogP contribution is 2.25. The molecule has 1 aliphatic heterocycles. The Morgan fingerprint density at radius 1 is 1.19 bits per heavy atom. The summed E-state index contributed by atoms with van der Waals surface area (Å²) in [7, 11) is 0. The number of carbonyl (C=O) groups excluding carboxylic acids is 1. The van der Waals surface area contributed by atoms with Crippen LogP contribution < -0.4 is 0 Å². The number of pyridine rings is 2. The second kappa shape index (κ2) is 8.62. The van der Waals surface area contributed by atoms with Gasteiger partial charge >= 0.3 is 6.18 Å². The quantitative estimate of drug-likeness (QED) is 0.632. The predicted octanol–water partition coefficient (Wildman–Crippen LogP) is 3.15. The first-order chi connectivity index (χ1) is 14.8. The van der Waals surface area contributed by atoms with Gasteiger partial charge in [0.05, 0.1) is 17.8 Å². The summed E-state index contributed by atoms with van der Waals surface area (Å²) >= 11 is 0. The van der Waals surface area contributed by atoms with Gasteiger partial charge in [0, 0.05) is 49.6 Å². The normalized spacial score (nSPS) is 15.3. The zero-order chi connectivity index (χ0) is 22.0. The summed E-state index contributed by atoms with van der Waals surface area (Å²) in [6.45, 7) is 2.60. The van der Waals surface area contributed by atoms with Crippen molar-refractivity contribution in [2.45, 2.75) is 32.5 Å². The maximum absolute atomic E-state index is 13.2. The van der Waals surface area contributed by atoms with Crippen LogP contribution in [0.3, 0.4) is 0 Å². The third-order valence-electron chi connectivity index (χ3n) is 5.09. The number of ether oxygens (including phenoxy) is 1. The van der Waals surface area contributed by atoms with Crippen molar-refractivity contribution < 1.29 is 22.7 Å². The van der Waals surface area contributed by atoms with Crippen LogP contribution in [-0.4, -0.2) is 63.0 Å². The van der Waals surface area contributed by atoms with E-state index in [-0.39, 0.29) is 23.5 Å². The van der Waals surface area contributed by atoms with E-state index < -0.39 is 12.7 Å². The highest BCUT2D eigenvalue weighted by atomic mass is 19.4. The molecule has 1 aliphatic rings. The van der Waals surface area contributed by atoms with Crippen LogP contribution in [0.4, 0.5) is 13.2 Å². The summed E-state index contributed by atoms with van der Waals surface area (Å²) < 4.78 is 45.8. The van der Waals surface area contributed by atoms with E-state index in [0.29, 0.717) is 49.5 Å². The lowest BCUT2D eigenvalue weighted by molar-refractivity contribution is -0.141. The van der Waals surface area contributed by atoms with Crippen LogP contribution in [0, 0.1) is 6.92 Å². The van der Waals surface area contributed by atoms with Gasteiger partial charge in [0.1, 0.15) is 12.2 Å². The van der Waals surface area contributed by atoms with E-state index >= 15 is 0 Å². The fourth-order valence-corrected chi connectivity index (χ4v) is 3.65. The average molecular weight is 433 g/mol.